The molecule has 1 fully saturated rings. The second kappa shape index (κ2) is 12.9. The van der Waals surface area contributed by atoms with Crippen molar-refractivity contribution >= 4 is 21.5 Å². The van der Waals surface area contributed by atoms with Crippen LogP contribution in [-0.2, 0) is 11.3 Å². The van der Waals surface area contributed by atoms with E-state index >= 15 is 0 Å². The van der Waals surface area contributed by atoms with Gasteiger partial charge in [-0.1, -0.05) is 81.3 Å². The lowest BCUT2D eigenvalue weighted by Crippen LogP contribution is -2.14. The summed E-state index contributed by atoms with van der Waals surface area (Å²) in [6.07, 6.45) is 8.94. The summed E-state index contributed by atoms with van der Waals surface area (Å²) < 4.78 is 12.5. The molecule has 0 amide bonds. The van der Waals surface area contributed by atoms with Crippen molar-refractivity contribution in [3.05, 3.63) is 78.4 Å². The Bertz CT molecular complexity index is 1680. The first-order chi connectivity index (χ1) is 20.6. The number of benzene rings is 4. The first kappa shape index (κ1) is 28.1. The van der Waals surface area contributed by atoms with Gasteiger partial charge in [0.15, 0.2) is 11.6 Å². The van der Waals surface area contributed by atoms with Gasteiger partial charge in [0.05, 0.1) is 18.3 Å². The monoisotopic (exact) mass is 561 g/mol. The first-order valence-electron chi connectivity index (χ1n) is 15.4. The lowest BCUT2D eigenvalue weighted by Gasteiger charge is -2.17. The average molecular weight is 562 g/mol. The normalized spacial score (nSPS) is 14.5. The number of hydrogen-bond acceptors (Lipinski definition) is 6. The standard InChI is InChI=1S/C36H39N3O3/c1-3-5-13-26(4-2)41-23-24-19-20-31(33(40)21-24)34-37-35(39-36(38-34)42-27-14-7-8-15-27)32-22-25-12-6-9-16-28(25)29-17-10-11-18-30(29)32/h6,9-12,16-22,26-27,40H,3-5,7-8,13-15,23H2,1-2H3. The molecule has 6 nitrogen and oxygen atoms in total. The van der Waals surface area contributed by atoms with Crippen LogP contribution in [0.2, 0.25) is 0 Å². The molecule has 5 aromatic rings. The molecule has 1 unspecified atom stereocenters. The van der Waals surface area contributed by atoms with Gasteiger partial charge in [0.2, 0.25) is 0 Å². The van der Waals surface area contributed by atoms with Crippen LogP contribution in [0.25, 0.3) is 44.3 Å². The number of unbranched alkanes of at least 4 members (excludes halogenated alkanes) is 1. The molecular formula is C36H39N3O3. The summed E-state index contributed by atoms with van der Waals surface area (Å²) in [5, 5.41) is 15.7. The van der Waals surface area contributed by atoms with Gasteiger partial charge in [-0.25, -0.2) is 4.98 Å². The molecule has 42 heavy (non-hydrogen) atoms. The minimum absolute atomic E-state index is 0.0915. The zero-order valence-corrected chi connectivity index (χ0v) is 24.6. The second-order valence-corrected chi connectivity index (χ2v) is 11.3. The van der Waals surface area contributed by atoms with Crippen LogP contribution >= 0.6 is 0 Å². The molecule has 1 atom stereocenters. The van der Waals surface area contributed by atoms with Crippen LogP contribution < -0.4 is 4.74 Å². The highest BCUT2D eigenvalue weighted by atomic mass is 16.5. The fourth-order valence-corrected chi connectivity index (χ4v) is 5.95. The predicted octanol–water partition coefficient (Wildman–Crippen LogP) is 9.02. The van der Waals surface area contributed by atoms with Gasteiger partial charge in [-0.3, -0.25) is 0 Å². The predicted molar refractivity (Wildman–Crippen MR) is 169 cm³/mol. The van der Waals surface area contributed by atoms with Gasteiger partial charge in [0.1, 0.15) is 11.9 Å². The quantitative estimate of drug-likeness (QED) is 0.162. The summed E-state index contributed by atoms with van der Waals surface area (Å²) in [6, 6.07) is 24.8. The van der Waals surface area contributed by atoms with Gasteiger partial charge < -0.3 is 14.6 Å². The molecule has 4 aromatic carbocycles. The summed E-state index contributed by atoms with van der Waals surface area (Å²) in [5.41, 5.74) is 2.37. The second-order valence-electron chi connectivity index (χ2n) is 11.3. The Morgan fingerprint density at radius 2 is 1.52 bits per heavy atom. The molecule has 6 rings (SSSR count). The third kappa shape index (κ3) is 6.09. The highest BCUT2D eigenvalue weighted by Crippen LogP contribution is 2.36. The maximum atomic E-state index is 11.2. The molecule has 1 aliphatic rings. The van der Waals surface area contributed by atoms with Gasteiger partial charge in [-0.05, 0) is 83.8 Å². The SMILES string of the molecule is CCCCC(CC)OCc1ccc(-c2nc(OC3CCCC3)nc(-c3cc4ccccc4c4ccccc34)n2)c(O)c1. The summed E-state index contributed by atoms with van der Waals surface area (Å²) in [6.45, 7) is 4.81. The van der Waals surface area contributed by atoms with Crippen molar-refractivity contribution in [1.82, 2.24) is 15.0 Å². The zero-order valence-electron chi connectivity index (χ0n) is 24.6. The highest BCUT2D eigenvalue weighted by molar-refractivity contribution is 6.13. The molecule has 0 bridgehead atoms. The smallest absolute Gasteiger partial charge is 0.320 e. The van der Waals surface area contributed by atoms with E-state index in [-0.39, 0.29) is 18.0 Å². The number of phenolic OH excluding ortho intramolecular Hbond substituents is 1. The Morgan fingerprint density at radius 1 is 0.810 bits per heavy atom. The van der Waals surface area contributed by atoms with E-state index < -0.39 is 0 Å². The topological polar surface area (TPSA) is 77.4 Å². The van der Waals surface area contributed by atoms with Crippen LogP contribution in [0.4, 0.5) is 0 Å². The summed E-state index contributed by atoms with van der Waals surface area (Å²) in [4.78, 5) is 14.5. The van der Waals surface area contributed by atoms with E-state index in [0.717, 1.165) is 78.7 Å². The van der Waals surface area contributed by atoms with E-state index in [1.165, 1.54) is 5.39 Å². The van der Waals surface area contributed by atoms with Crippen molar-refractivity contribution in [2.45, 2.75) is 84.0 Å². The maximum Gasteiger partial charge on any atom is 0.320 e. The number of nitrogens with zero attached hydrogens (tertiary/aromatic N) is 3. The van der Waals surface area contributed by atoms with E-state index in [0.29, 0.717) is 29.8 Å². The maximum absolute atomic E-state index is 11.2. The molecular weight excluding hydrogens is 522 g/mol. The number of fused-ring (bicyclic) bond motifs is 3. The molecule has 216 valence electrons. The van der Waals surface area contributed by atoms with E-state index in [9.17, 15) is 5.11 Å². The van der Waals surface area contributed by atoms with Crippen LogP contribution in [-0.4, -0.2) is 32.3 Å². The Labute approximate surface area is 247 Å². The molecule has 1 aliphatic carbocycles. The third-order valence-electron chi connectivity index (χ3n) is 8.32. The van der Waals surface area contributed by atoms with Crippen LogP contribution in [0.5, 0.6) is 11.8 Å². The Hall–Kier alpha value is -4.03. The molecule has 0 radical (unpaired) electrons. The number of aromatic nitrogens is 3. The molecule has 1 N–H and O–H groups in total. The van der Waals surface area contributed by atoms with Crippen molar-refractivity contribution in [2.24, 2.45) is 0 Å². The van der Waals surface area contributed by atoms with Crippen LogP contribution in [0.3, 0.4) is 0 Å². The molecule has 0 aliphatic heterocycles. The van der Waals surface area contributed by atoms with Crippen molar-refractivity contribution in [3.8, 4) is 34.5 Å². The van der Waals surface area contributed by atoms with Crippen LogP contribution in [0.1, 0.15) is 70.8 Å². The lowest BCUT2D eigenvalue weighted by atomic mass is 9.97. The number of ether oxygens (including phenoxy) is 2. The number of hydrogen-bond donors (Lipinski definition) is 1. The van der Waals surface area contributed by atoms with Crippen LogP contribution in [0.15, 0.2) is 72.8 Å². The molecule has 1 saturated carbocycles. The van der Waals surface area contributed by atoms with E-state index in [1.807, 2.05) is 24.3 Å². The van der Waals surface area contributed by atoms with Gasteiger partial charge in [0, 0.05) is 5.56 Å². The first-order valence-corrected chi connectivity index (χ1v) is 15.4. The van der Waals surface area contributed by atoms with Crippen molar-refractivity contribution < 1.29 is 14.6 Å². The summed E-state index contributed by atoms with van der Waals surface area (Å²) >= 11 is 0. The van der Waals surface area contributed by atoms with Gasteiger partial charge in [0.25, 0.3) is 0 Å². The lowest BCUT2D eigenvalue weighted by molar-refractivity contribution is 0.0312. The van der Waals surface area contributed by atoms with E-state index in [2.05, 4.69) is 56.3 Å². The number of phenols is 1. The Morgan fingerprint density at radius 3 is 2.26 bits per heavy atom. The summed E-state index contributed by atoms with van der Waals surface area (Å²) in [5.74, 6) is 1.04. The number of rotatable bonds is 11. The van der Waals surface area contributed by atoms with Crippen molar-refractivity contribution in [3.63, 3.8) is 0 Å². The van der Waals surface area contributed by atoms with Crippen molar-refractivity contribution in [1.29, 1.82) is 0 Å². The minimum Gasteiger partial charge on any atom is -0.507 e. The third-order valence-corrected chi connectivity index (χ3v) is 8.32. The van der Waals surface area contributed by atoms with E-state index in [1.54, 1.807) is 6.07 Å². The van der Waals surface area contributed by atoms with Gasteiger partial charge in [-0.2, -0.15) is 9.97 Å². The minimum atomic E-state index is 0.0915. The van der Waals surface area contributed by atoms with Gasteiger partial charge in [-0.15, -0.1) is 0 Å². The average Bonchev–Trinajstić information content (AvgIpc) is 3.53. The molecule has 1 heterocycles. The van der Waals surface area contributed by atoms with Crippen LogP contribution in [0, 0.1) is 0 Å². The largest absolute Gasteiger partial charge is 0.507 e. The highest BCUT2D eigenvalue weighted by Gasteiger charge is 2.22. The number of aromatic hydroxyl groups is 1. The Kier molecular flexibility index (Phi) is 8.61. The van der Waals surface area contributed by atoms with Crippen molar-refractivity contribution in [2.75, 3.05) is 0 Å². The summed E-state index contributed by atoms with van der Waals surface area (Å²) in [7, 11) is 0. The molecule has 6 heteroatoms. The zero-order chi connectivity index (χ0) is 28.9. The molecule has 0 saturated heterocycles. The van der Waals surface area contributed by atoms with Gasteiger partial charge >= 0.3 is 6.01 Å². The van der Waals surface area contributed by atoms with E-state index in [4.69, 9.17) is 24.4 Å². The molecule has 1 aromatic heterocycles. The molecule has 0 spiro atoms. The fraction of sp³-hybridized carbons (Fsp3) is 0.361. The fourth-order valence-electron chi connectivity index (χ4n) is 5.95. The Balaban J connectivity index is 1.40.